The SMILES string of the molecule is O=C[C@H](OP(=O)(O)OP(=O)(O)O)[C@@H](O)[C@@H](O)[C@H](O)C(=O)O.O=c1ccn([C@@H]2O[C@H](CO)[C@@H](O)[C@H]2O)c(=O)[nH]1. The maximum atomic E-state index is 11.4. The van der Waals surface area contributed by atoms with Crippen LogP contribution in [0.15, 0.2) is 21.9 Å². The molecule has 1 aromatic heterocycles. The number of phosphoric ester groups is 1. The molecule has 1 fully saturated rings. The van der Waals surface area contributed by atoms with Gasteiger partial charge in [-0.15, -0.1) is 0 Å². The van der Waals surface area contributed by atoms with E-state index in [1.807, 2.05) is 4.98 Å². The summed E-state index contributed by atoms with van der Waals surface area (Å²) in [4.78, 5) is 70.8. The van der Waals surface area contributed by atoms with Crippen LogP contribution in [-0.2, 0) is 32.3 Å². The Morgan fingerprint density at radius 2 is 1.71 bits per heavy atom. The number of aliphatic hydroxyl groups is 6. The van der Waals surface area contributed by atoms with Crippen LogP contribution in [-0.4, -0.2) is 122 Å². The van der Waals surface area contributed by atoms with E-state index >= 15 is 0 Å². The molecule has 2 heterocycles. The number of carboxylic acids is 1. The number of aromatic nitrogens is 2. The van der Waals surface area contributed by atoms with E-state index in [0.717, 1.165) is 16.8 Å². The number of nitrogens with one attached hydrogen (secondary N) is 1. The number of hydrogen-bond donors (Lipinski definition) is 11. The molecule has 0 bridgehead atoms. The first-order chi connectivity index (χ1) is 17.3. The van der Waals surface area contributed by atoms with Gasteiger partial charge in [-0.3, -0.25) is 18.9 Å². The third-order valence-electron chi connectivity index (χ3n) is 4.50. The molecule has 0 aromatic carbocycles. The first-order valence-electron chi connectivity index (χ1n) is 9.79. The lowest BCUT2D eigenvalue weighted by Gasteiger charge is -2.25. The molecular formula is C15H24N2O19P2. The molecule has 9 atom stereocenters. The van der Waals surface area contributed by atoms with Gasteiger partial charge in [0, 0.05) is 12.3 Å². The summed E-state index contributed by atoms with van der Waals surface area (Å²) in [6.45, 7) is -0.479. The van der Waals surface area contributed by atoms with Crippen molar-refractivity contribution in [2.45, 2.75) is 49.0 Å². The van der Waals surface area contributed by atoms with Crippen molar-refractivity contribution in [3.05, 3.63) is 33.1 Å². The smallest absolute Gasteiger partial charge is 0.479 e. The third-order valence-corrected chi connectivity index (χ3v) is 6.69. The van der Waals surface area contributed by atoms with Crippen molar-refractivity contribution in [3.8, 4) is 0 Å². The number of aromatic amines is 1. The highest BCUT2D eigenvalue weighted by Crippen LogP contribution is 2.58. The third kappa shape index (κ3) is 9.52. The number of rotatable bonds is 11. The molecule has 1 saturated heterocycles. The van der Waals surface area contributed by atoms with Crippen LogP contribution in [0.2, 0.25) is 0 Å². The van der Waals surface area contributed by atoms with E-state index in [0.29, 0.717) is 0 Å². The quantitative estimate of drug-likeness (QED) is 0.0834. The summed E-state index contributed by atoms with van der Waals surface area (Å²) in [6.07, 6.45) is -14.0. The fourth-order valence-electron chi connectivity index (χ4n) is 2.74. The summed E-state index contributed by atoms with van der Waals surface area (Å²) in [5.41, 5.74) is -1.33. The average molecular weight is 598 g/mol. The van der Waals surface area contributed by atoms with E-state index in [4.69, 9.17) is 34.7 Å². The minimum absolute atomic E-state index is 0.381. The Hall–Kier alpha value is -2.20. The summed E-state index contributed by atoms with van der Waals surface area (Å²) in [6, 6.07) is 1.09. The molecule has 1 aliphatic rings. The topological polar surface area (TPSA) is 353 Å². The van der Waals surface area contributed by atoms with Crippen LogP contribution in [0, 0.1) is 0 Å². The van der Waals surface area contributed by atoms with Gasteiger partial charge in [-0.2, -0.15) is 4.31 Å². The molecule has 2 rings (SSSR count). The second-order valence-corrected chi connectivity index (χ2v) is 10.0. The van der Waals surface area contributed by atoms with Crippen LogP contribution in [0.3, 0.4) is 0 Å². The van der Waals surface area contributed by atoms with Crippen molar-refractivity contribution in [2.75, 3.05) is 6.61 Å². The zero-order valence-corrected chi connectivity index (χ0v) is 20.3. The number of ether oxygens (including phenoxy) is 1. The van der Waals surface area contributed by atoms with Crippen molar-refractivity contribution in [1.29, 1.82) is 0 Å². The Kier molecular flexibility index (Phi) is 12.2. The summed E-state index contributed by atoms with van der Waals surface area (Å²) < 4.78 is 34.8. The highest BCUT2D eigenvalue weighted by molar-refractivity contribution is 7.60. The number of aliphatic hydroxyl groups excluding tert-OH is 6. The Labute approximate surface area is 209 Å². The highest BCUT2D eigenvalue weighted by atomic mass is 31.3. The monoisotopic (exact) mass is 598 g/mol. The Bertz CT molecular complexity index is 1160. The van der Waals surface area contributed by atoms with Crippen molar-refractivity contribution in [2.24, 2.45) is 0 Å². The van der Waals surface area contributed by atoms with Gasteiger partial charge in [0.15, 0.2) is 24.7 Å². The molecule has 0 spiro atoms. The molecule has 1 aromatic rings. The largest absolute Gasteiger partial charge is 0.481 e. The molecule has 21 nitrogen and oxygen atoms in total. The van der Waals surface area contributed by atoms with Crippen molar-refractivity contribution < 1.29 is 82.7 Å². The maximum absolute atomic E-state index is 11.4. The number of nitrogens with zero attached hydrogens (tertiary/aromatic N) is 1. The number of carbonyl (C=O) groups is 2. The van der Waals surface area contributed by atoms with Crippen molar-refractivity contribution in [1.82, 2.24) is 9.55 Å². The van der Waals surface area contributed by atoms with Gasteiger partial charge in [0.1, 0.15) is 30.5 Å². The van der Waals surface area contributed by atoms with Crippen LogP contribution >= 0.6 is 15.6 Å². The highest BCUT2D eigenvalue weighted by Gasteiger charge is 2.44. The Morgan fingerprint density at radius 1 is 1.13 bits per heavy atom. The molecule has 218 valence electrons. The number of carboxylic acid groups (broad SMARTS) is 1. The molecular weight excluding hydrogens is 574 g/mol. The first kappa shape index (κ1) is 33.8. The van der Waals surface area contributed by atoms with Gasteiger partial charge < -0.3 is 60.0 Å². The molecule has 0 radical (unpaired) electrons. The Morgan fingerprint density at radius 3 is 2.13 bits per heavy atom. The number of aliphatic carboxylic acids is 1. The molecule has 0 aliphatic carbocycles. The van der Waals surface area contributed by atoms with Crippen LogP contribution < -0.4 is 11.2 Å². The summed E-state index contributed by atoms with van der Waals surface area (Å²) in [7, 11) is -11.0. The van der Waals surface area contributed by atoms with Gasteiger partial charge in [0.05, 0.1) is 6.61 Å². The number of aldehydes is 1. The van der Waals surface area contributed by atoms with Crippen LogP contribution in [0.1, 0.15) is 6.23 Å². The second-order valence-electron chi connectivity index (χ2n) is 7.26. The van der Waals surface area contributed by atoms with Crippen LogP contribution in [0.25, 0.3) is 0 Å². The van der Waals surface area contributed by atoms with Gasteiger partial charge in [-0.1, -0.05) is 0 Å². The normalized spacial score (nSPS) is 26.2. The van der Waals surface area contributed by atoms with Gasteiger partial charge in [-0.25, -0.2) is 18.7 Å². The number of phosphoric acid groups is 2. The maximum Gasteiger partial charge on any atom is 0.481 e. The number of carbonyl (C=O) groups excluding carboxylic acids is 1. The fourth-order valence-corrected chi connectivity index (χ4v) is 4.45. The molecule has 1 unspecified atom stereocenters. The van der Waals surface area contributed by atoms with Crippen molar-refractivity contribution in [3.63, 3.8) is 0 Å². The van der Waals surface area contributed by atoms with E-state index in [-0.39, 0.29) is 6.29 Å². The molecule has 0 amide bonds. The Balaban J connectivity index is 0.000000386. The zero-order chi connectivity index (χ0) is 29.6. The van der Waals surface area contributed by atoms with Crippen LogP contribution in [0.4, 0.5) is 0 Å². The molecule has 23 heteroatoms. The predicted octanol–water partition coefficient (Wildman–Crippen LogP) is -5.90. The minimum Gasteiger partial charge on any atom is -0.479 e. The molecule has 0 saturated carbocycles. The second kappa shape index (κ2) is 13.7. The number of hydrogen-bond acceptors (Lipinski definition) is 15. The molecule has 11 N–H and O–H groups in total. The zero-order valence-electron chi connectivity index (χ0n) is 18.5. The van der Waals surface area contributed by atoms with Crippen molar-refractivity contribution >= 4 is 27.9 Å². The first-order valence-corrected chi connectivity index (χ1v) is 12.8. The van der Waals surface area contributed by atoms with E-state index in [1.54, 1.807) is 0 Å². The van der Waals surface area contributed by atoms with E-state index in [2.05, 4.69) is 8.83 Å². The summed E-state index contributed by atoms with van der Waals surface area (Å²) in [5.74, 6) is -1.98. The lowest BCUT2D eigenvalue weighted by Crippen LogP contribution is -2.48. The van der Waals surface area contributed by atoms with Gasteiger partial charge in [-0.05, 0) is 0 Å². The van der Waals surface area contributed by atoms with E-state index < -0.39 is 88.4 Å². The lowest BCUT2D eigenvalue weighted by atomic mass is 10.0. The summed E-state index contributed by atoms with van der Waals surface area (Å²) >= 11 is 0. The van der Waals surface area contributed by atoms with Gasteiger partial charge in [0.2, 0.25) is 0 Å². The fraction of sp³-hybridized carbons (Fsp3) is 0.600. The summed E-state index contributed by atoms with van der Waals surface area (Å²) in [5, 5.41) is 63.9. The standard InChI is InChI=1S/C9H12N2O6.C6H12O13P2/c12-3-4-6(14)7(15)8(17-4)11-2-1-5(13)10-9(11)16;7-1-2(3(8)4(9)5(10)6(11)12)18-21(16,17)19-20(13,14)15/h1-2,4,6-8,12,14-15H,3H2,(H,10,13,16);1-5,8-10H,(H,11,12)(H,16,17)(H2,13,14,15)/t4-,6-,7-,8-;2-,3+,4+,5-/m10/s1. The van der Waals surface area contributed by atoms with Gasteiger partial charge in [0.25, 0.3) is 5.56 Å². The molecule has 38 heavy (non-hydrogen) atoms. The van der Waals surface area contributed by atoms with Crippen LogP contribution in [0.5, 0.6) is 0 Å². The lowest BCUT2D eigenvalue weighted by molar-refractivity contribution is -0.163. The minimum atomic E-state index is -5.53. The molecule has 1 aliphatic heterocycles. The van der Waals surface area contributed by atoms with Gasteiger partial charge >= 0.3 is 27.3 Å². The average Bonchev–Trinajstić information content (AvgIpc) is 3.08. The van der Waals surface area contributed by atoms with E-state index in [9.17, 15) is 48.7 Å². The van der Waals surface area contributed by atoms with E-state index in [1.165, 1.54) is 0 Å². The number of H-pyrrole nitrogens is 1. The predicted molar refractivity (Wildman–Crippen MR) is 114 cm³/mol.